The third kappa shape index (κ3) is 1.21. The number of ether oxygens (including phenoxy) is 1. The minimum atomic E-state index is -0.111. The topological polar surface area (TPSA) is 23.3 Å². The predicted molar refractivity (Wildman–Crippen MR) is 48.0 cm³/mol. The first-order valence-corrected chi connectivity index (χ1v) is 3.93. The molecule has 0 amide bonds. The van der Waals surface area contributed by atoms with E-state index < -0.39 is 0 Å². The summed E-state index contributed by atoms with van der Waals surface area (Å²) in [6.07, 6.45) is 3.87. The van der Waals surface area contributed by atoms with Crippen molar-refractivity contribution < 1.29 is 4.74 Å². The van der Waals surface area contributed by atoms with Gasteiger partial charge in [0.2, 0.25) is 0 Å². The Bertz CT molecular complexity index is 306. The third-order valence-electron chi connectivity index (χ3n) is 1.86. The number of hydrogen-bond acceptors (Lipinski definition) is 1. The van der Waals surface area contributed by atoms with Crippen molar-refractivity contribution in [3.05, 3.63) is 35.9 Å². The highest BCUT2D eigenvalue weighted by Crippen LogP contribution is 2.24. The summed E-state index contributed by atoms with van der Waals surface area (Å²) >= 11 is 0. The maximum atomic E-state index is 5.53. The van der Waals surface area contributed by atoms with Gasteiger partial charge >= 0.3 is 0 Å². The summed E-state index contributed by atoms with van der Waals surface area (Å²) in [7, 11) is 1.75. The molecule has 1 heterocycles. The van der Waals surface area contributed by atoms with Crippen LogP contribution in [0.15, 0.2) is 30.3 Å². The molecule has 1 aromatic carbocycles. The van der Waals surface area contributed by atoms with Crippen LogP contribution in [0, 0.1) is 0 Å². The highest BCUT2D eigenvalue weighted by molar-refractivity contribution is 5.59. The van der Waals surface area contributed by atoms with Gasteiger partial charge in [0, 0.05) is 12.6 Å². The molecule has 0 saturated carbocycles. The van der Waals surface area contributed by atoms with Crippen molar-refractivity contribution in [2.45, 2.75) is 6.23 Å². The summed E-state index contributed by atoms with van der Waals surface area (Å²) < 4.78 is 5.53. The lowest BCUT2D eigenvalue weighted by atomic mass is 10.1. The first-order valence-electron chi connectivity index (χ1n) is 3.93. The van der Waals surface area contributed by atoms with Crippen molar-refractivity contribution in [3.63, 3.8) is 0 Å². The molecule has 0 N–H and O–H groups in total. The summed E-state index contributed by atoms with van der Waals surface area (Å²) in [5, 5.41) is 4.04. The van der Waals surface area contributed by atoms with Crippen LogP contribution in [-0.4, -0.2) is 13.3 Å². The Kier molecular flexibility index (Phi) is 1.84. The Morgan fingerprint density at radius 2 is 2.17 bits per heavy atom. The van der Waals surface area contributed by atoms with Crippen molar-refractivity contribution in [1.82, 2.24) is 5.32 Å². The van der Waals surface area contributed by atoms with E-state index in [1.807, 2.05) is 36.4 Å². The molecule has 1 aromatic rings. The maximum absolute atomic E-state index is 5.53. The van der Waals surface area contributed by atoms with E-state index in [0.29, 0.717) is 0 Å². The zero-order valence-electron chi connectivity index (χ0n) is 6.90. The van der Waals surface area contributed by atoms with Gasteiger partial charge in [-0.1, -0.05) is 24.3 Å². The Morgan fingerprint density at radius 3 is 3.00 bits per heavy atom. The molecule has 0 aliphatic carbocycles. The van der Waals surface area contributed by atoms with Gasteiger partial charge in [-0.3, -0.25) is 0 Å². The van der Waals surface area contributed by atoms with Crippen LogP contribution < -0.4 is 10.1 Å². The third-order valence-corrected chi connectivity index (χ3v) is 1.86. The standard InChI is InChI=1S/C10H10NO/c1-11-10-7-6-8-4-2-3-5-9(8)12-10/h2-7,10H,1H3. The molecule has 2 nitrogen and oxygen atoms in total. The molecule has 0 spiro atoms. The molecule has 1 aliphatic heterocycles. The normalized spacial score (nSPS) is 19.9. The number of benzene rings is 1. The number of rotatable bonds is 1. The zero-order chi connectivity index (χ0) is 8.39. The minimum absolute atomic E-state index is 0.111. The number of nitrogens with zero attached hydrogens (tertiary/aromatic N) is 1. The quantitative estimate of drug-likeness (QED) is 0.612. The number of fused-ring (bicyclic) bond motifs is 1. The molecule has 1 radical (unpaired) electrons. The first-order chi connectivity index (χ1) is 5.90. The molecule has 0 bridgehead atoms. The molecule has 1 aliphatic rings. The molecule has 0 aromatic heterocycles. The zero-order valence-corrected chi connectivity index (χ0v) is 6.90. The molecule has 61 valence electrons. The van der Waals surface area contributed by atoms with Gasteiger partial charge in [0.15, 0.2) is 6.23 Å². The van der Waals surface area contributed by atoms with Crippen molar-refractivity contribution in [3.8, 4) is 5.75 Å². The maximum Gasteiger partial charge on any atom is 0.184 e. The van der Waals surface area contributed by atoms with Crippen molar-refractivity contribution in [2.24, 2.45) is 0 Å². The summed E-state index contributed by atoms with van der Waals surface area (Å²) in [6.45, 7) is 0. The number of para-hydroxylation sites is 1. The highest BCUT2D eigenvalue weighted by atomic mass is 16.5. The molecule has 0 saturated heterocycles. The summed E-state index contributed by atoms with van der Waals surface area (Å²) in [5.74, 6) is 0.913. The average molecular weight is 160 g/mol. The van der Waals surface area contributed by atoms with Crippen LogP contribution >= 0.6 is 0 Å². The Morgan fingerprint density at radius 1 is 1.33 bits per heavy atom. The highest BCUT2D eigenvalue weighted by Gasteiger charge is 2.11. The fraction of sp³-hybridized carbons (Fsp3) is 0.200. The Balaban J connectivity index is 2.33. The van der Waals surface area contributed by atoms with Gasteiger partial charge in [0.05, 0.1) is 0 Å². The first kappa shape index (κ1) is 7.37. The SMILES string of the molecule is C[N]C1C=Cc2ccccc2O1. The van der Waals surface area contributed by atoms with Gasteiger partial charge in [-0.25, -0.2) is 5.32 Å². The van der Waals surface area contributed by atoms with Gasteiger partial charge < -0.3 is 4.74 Å². The van der Waals surface area contributed by atoms with Crippen molar-refractivity contribution >= 4 is 6.08 Å². The monoisotopic (exact) mass is 160 g/mol. The van der Waals surface area contributed by atoms with Gasteiger partial charge in [-0.15, -0.1) is 0 Å². The molecule has 2 rings (SSSR count). The van der Waals surface area contributed by atoms with Crippen LogP contribution in [0.2, 0.25) is 0 Å². The van der Waals surface area contributed by atoms with E-state index in [0.717, 1.165) is 11.3 Å². The molecule has 2 heteroatoms. The lowest BCUT2D eigenvalue weighted by Crippen LogP contribution is -2.25. The van der Waals surface area contributed by atoms with Crippen LogP contribution in [-0.2, 0) is 0 Å². The summed E-state index contributed by atoms with van der Waals surface area (Å²) in [4.78, 5) is 0. The second kappa shape index (κ2) is 2.99. The van der Waals surface area contributed by atoms with Gasteiger partial charge in [-0.2, -0.15) is 0 Å². The fourth-order valence-corrected chi connectivity index (χ4v) is 1.22. The molecular weight excluding hydrogens is 150 g/mol. The predicted octanol–water partition coefficient (Wildman–Crippen LogP) is 1.65. The van der Waals surface area contributed by atoms with Gasteiger partial charge in [-0.05, 0) is 12.1 Å². The summed E-state index contributed by atoms with van der Waals surface area (Å²) in [5.41, 5.74) is 1.12. The lowest BCUT2D eigenvalue weighted by molar-refractivity contribution is 0.214. The van der Waals surface area contributed by atoms with Crippen molar-refractivity contribution in [2.75, 3.05) is 7.05 Å². The second-order valence-corrected chi connectivity index (χ2v) is 2.66. The molecule has 12 heavy (non-hydrogen) atoms. The molecule has 0 fully saturated rings. The van der Waals surface area contributed by atoms with Crippen LogP contribution in [0.3, 0.4) is 0 Å². The second-order valence-electron chi connectivity index (χ2n) is 2.66. The van der Waals surface area contributed by atoms with Crippen LogP contribution in [0.25, 0.3) is 6.08 Å². The van der Waals surface area contributed by atoms with E-state index in [1.54, 1.807) is 7.05 Å². The largest absolute Gasteiger partial charge is 0.470 e. The van der Waals surface area contributed by atoms with Crippen LogP contribution in [0.4, 0.5) is 0 Å². The number of hydrogen-bond donors (Lipinski definition) is 0. The van der Waals surface area contributed by atoms with E-state index in [4.69, 9.17) is 4.74 Å². The van der Waals surface area contributed by atoms with E-state index in [1.165, 1.54) is 0 Å². The van der Waals surface area contributed by atoms with E-state index in [2.05, 4.69) is 5.32 Å². The van der Waals surface area contributed by atoms with E-state index in [-0.39, 0.29) is 6.23 Å². The lowest BCUT2D eigenvalue weighted by Gasteiger charge is -2.19. The smallest absolute Gasteiger partial charge is 0.184 e. The average Bonchev–Trinajstić information content (AvgIpc) is 2.17. The van der Waals surface area contributed by atoms with Gasteiger partial charge in [0.1, 0.15) is 5.75 Å². The summed E-state index contributed by atoms with van der Waals surface area (Å²) in [6, 6.07) is 7.94. The number of likely N-dealkylation sites (N-methyl/N-ethyl adjacent to an activating group) is 1. The molecular formula is C10H10NO. The van der Waals surface area contributed by atoms with Crippen LogP contribution in [0.5, 0.6) is 5.75 Å². The van der Waals surface area contributed by atoms with Crippen LogP contribution in [0.1, 0.15) is 5.56 Å². The fourth-order valence-electron chi connectivity index (χ4n) is 1.22. The van der Waals surface area contributed by atoms with Crippen molar-refractivity contribution in [1.29, 1.82) is 0 Å². The Labute approximate surface area is 71.9 Å². The van der Waals surface area contributed by atoms with Gasteiger partial charge in [0.25, 0.3) is 0 Å². The minimum Gasteiger partial charge on any atom is -0.470 e. The molecule has 1 unspecified atom stereocenters. The van der Waals surface area contributed by atoms with E-state index in [9.17, 15) is 0 Å². The van der Waals surface area contributed by atoms with E-state index >= 15 is 0 Å². The molecule has 1 atom stereocenters. The Hall–Kier alpha value is -1.28.